The first-order valence-electron chi connectivity index (χ1n) is 7.30. The number of morpholine rings is 1. The monoisotopic (exact) mass is 311 g/mol. The van der Waals surface area contributed by atoms with Crippen molar-refractivity contribution >= 4 is 11.7 Å². The van der Waals surface area contributed by atoms with Gasteiger partial charge in [-0.3, -0.25) is 0 Å². The van der Waals surface area contributed by atoms with E-state index in [1.165, 1.54) is 6.07 Å². The van der Waals surface area contributed by atoms with Crippen molar-refractivity contribution < 1.29 is 19.0 Å². The van der Waals surface area contributed by atoms with Crippen LogP contribution in [-0.2, 0) is 10.3 Å². The van der Waals surface area contributed by atoms with Crippen LogP contribution in [0.2, 0.25) is 0 Å². The number of rotatable bonds is 4. The van der Waals surface area contributed by atoms with E-state index in [-0.39, 0.29) is 19.2 Å². The summed E-state index contributed by atoms with van der Waals surface area (Å²) in [6.45, 7) is 5.05. The Labute approximate surface area is 129 Å². The van der Waals surface area contributed by atoms with Gasteiger partial charge in [0.05, 0.1) is 13.2 Å². The minimum atomic E-state index is -0.750. The van der Waals surface area contributed by atoms with Crippen LogP contribution in [0.4, 0.5) is 14.9 Å². The molecule has 1 aliphatic rings. The molecule has 1 unspecified atom stereocenters. The van der Waals surface area contributed by atoms with Gasteiger partial charge in [0, 0.05) is 30.4 Å². The second kappa shape index (κ2) is 7.04. The molecule has 2 atom stereocenters. The lowest BCUT2D eigenvalue weighted by Crippen LogP contribution is -2.53. The smallest absolute Gasteiger partial charge is 0.319 e. The molecule has 1 heterocycles. The molecule has 2 rings (SSSR count). The maximum atomic E-state index is 14.4. The highest BCUT2D eigenvalue weighted by Gasteiger charge is 2.38. The number of amides is 2. The molecule has 6 nitrogen and oxygen atoms in total. The van der Waals surface area contributed by atoms with Gasteiger partial charge < -0.3 is 25.8 Å². The van der Waals surface area contributed by atoms with E-state index >= 15 is 0 Å². The first kappa shape index (κ1) is 16.7. The SMILES string of the molecule is CC1NCCO[C@@]1(C)c1ccc(NC(=O)NCCO)cc1F. The molecule has 4 N–H and O–H groups in total. The van der Waals surface area contributed by atoms with Gasteiger partial charge >= 0.3 is 6.03 Å². The fourth-order valence-corrected chi connectivity index (χ4v) is 2.51. The Kier molecular flexibility index (Phi) is 5.33. The predicted octanol–water partition coefficient (Wildman–Crippen LogP) is 1.16. The highest BCUT2D eigenvalue weighted by Crippen LogP contribution is 2.33. The summed E-state index contributed by atoms with van der Waals surface area (Å²) in [6, 6.07) is 4.01. The molecule has 0 bridgehead atoms. The normalized spacial score (nSPS) is 24.8. The van der Waals surface area contributed by atoms with Gasteiger partial charge in [0.2, 0.25) is 0 Å². The molecule has 7 heteroatoms. The lowest BCUT2D eigenvalue weighted by atomic mass is 9.87. The Morgan fingerprint density at radius 1 is 1.59 bits per heavy atom. The Balaban J connectivity index is 2.14. The quantitative estimate of drug-likeness (QED) is 0.672. The molecule has 1 aromatic rings. The van der Waals surface area contributed by atoms with Crippen molar-refractivity contribution in [2.45, 2.75) is 25.5 Å². The van der Waals surface area contributed by atoms with Crippen molar-refractivity contribution in [3.05, 3.63) is 29.6 Å². The standard InChI is InChI=1S/C15H22FN3O3/c1-10-15(2,22-8-6-17-10)12-4-3-11(9-13(12)16)19-14(21)18-5-7-20/h3-4,9-10,17,20H,5-8H2,1-2H3,(H2,18,19,21)/t10?,15-/m1/s1. The van der Waals surface area contributed by atoms with E-state index in [0.29, 0.717) is 17.9 Å². The molecule has 22 heavy (non-hydrogen) atoms. The first-order chi connectivity index (χ1) is 10.5. The van der Waals surface area contributed by atoms with E-state index < -0.39 is 17.4 Å². The minimum Gasteiger partial charge on any atom is -0.395 e. The Bertz CT molecular complexity index is 541. The van der Waals surface area contributed by atoms with Gasteiger partial charge in [0.1, 0.15) is 11.4 Å². The number of aliphatic hydroxyl groups is 1. The number of anilines is 1. The van der Waals surface area contributed by atoms with E-state index in [1.54, 1.807) is 12.1 Å². The van der Waals surface area contributed by atoms with Crippen LogP contribution >= 0.6 is 0 Å². The summed E-state index contributed by atoms with van der Waals surface area (Å²) in [4.78, 5) is 11.5. The van der Waals surface area contributed by atoms with E-state index in [1.807, 2.05) is 13.8 Å². The van der Waals surface area contributed by atoms with Crippen LogP contribution < -0.4 is 16.0 Å². The Hall–Kier alpha value is -1.70. The van der Waals surface area contributed by atoms with Crippen LogP contribution in [0.5, 0.6) is 0 Å². The molecule has 122 valence electrons. The third-order valence-electron chi connectivity index (χ3n) is 3.94. The summed E-state index contributed by atoms with van der Waals surface area (Å²) in [5, 5.41) is 16.9. The summed E-state index contributed by atoms with van der Waals surface area (Å²) in [5.41, 5.74) is 0.0465. The molecule has 1 fully saturated rings. The number of hydrogen-bond acceptors (Lipinski definition) is 4. The van der Waals surface area contributed by atoms with Gasteiger partial charge in [-0.25, -0.2) is 9.18 Å². The van der Waals surface area contributed by atoms with Gasteiger partial charge in [0.15, 0.2) is 0 Å². The Morgan fingerprint density at radius 3 is 3.00 bits per heavy atom. The molecular weight excluding hydrogens is 289 g/mol. The number of aliphatic hydroxyl groups excluding tert-OH is 1. The number of carbonyl (C=O) groups excluding carboxylic acids is 1. The third-order valence-corrected chi connectivity index (χ3v) is 3.94. The molecular formula is C15H22FN3O3. The van der Waals surface area contributed by atoms with Crippen LogP contribution in [0.1, 0.15) is 19.4 Å². The minimum absolute atomic E-state index is 0.0255. The molecule has 1 aliphatic heterocycles. The average Bonchev–Trinajstić information content (AvgIpc) is 2.48. The zero-order valence-corrected chi connectivity index (χ0v) is 12.8. The fourth-order valence-electron chi connectivity index (χ4n) is 2.51. The summed E-state index contributed by atoms with van der Waals surface area (Å²) in [6.07, 6.45) is 0. The van der Waals surface area contributed by atoms with Crippen LogP contribution in [0, 0.1) is 5.82 Å². The van der Waals surface area contributed by atoms with Gasteiger partial charge in [0.25, 0.3) is 0 Å². The van der Waals surface area contributed by atoms with Crippen molar-refractivity contribution in [1.29, 1.82) is 0 Å². The van der Waals surface area contributed by atoms with Crippen molar-refractivity contribution in [2.24, 2.45) is 0 Å². The highest BCUT2D eigenvalue weighted by molar-refractivity contribution is 5.89. The van der Waals surface area contributed by atoms with Gasteiger partial charge in [-0.2, -0.15) is 0 Å². The molecule has 0 radical (unpaired) electrons. The second-order valence-corrected chi connectivity index (χ2v) is 5.43. The first-order valence-corrected chi connectivity index (χ1v) is 7.30. The van der Waals surface area contributed by atoms with Crippen LogP contribution in [-0.4, -0.2) is 43.5 Å². The number of urea groups is 1. The fraction of sp³-hybridized carbons (Fsp3) is 0.533. The predicted molar refractivity (Wildman–Crippen MR) is 81.3 cm³/mol. The summed E-state index contributed by atoms with van der Waals surface area (Å²) in [5.74, 6) is -0.432. The van der Waals surface area contributed by atoms with Crippen molar-refractivity contribution in [1.82, 2.24) is 10.6 Å². The molecule has 0 spiro atoms. The van der Waals surface area contributed by atoms with E-state index in [9.17, 15) is 9.18 Å². The number of carbonyl (C=O) groups is 1. The zero-order valence-electron chi connectivity index (χ0n) is 12.8. The number of benzene rings is 1. The lowest BCUT2D eigenvalue weighted by molar-refractivity contribution is -0.0870. The number of halogens is 1. The average molecular weight is 311 g/mol. The van der Waals surface area contributed by atoms with Gasteiger partial charge in [-0.05, 0) is 26.0 Å². The highest BCUT2D eigenvalue weighted by atomic mass is 19.1. The van der Waals surface area contributed by atoms with E-state index in [0.717, 1.165) is 6.54 Å². The van der Waals surface area contributed by atoms with E-state index in [2.05, 4.69) is 16.0 Å². The molecule has 0 saturated carbocycles. The maximum Gasteiger partial charge on any atom is 0.319 e. The van der Waals surface area contributed by atoms with Gasteiger partial charge in [-0.1, -0.05) is 6.07 Å². The third kappa shape index (κ3) is 3.55. The zero-order chi connectivity index (χ0) is 16.2. The van der Waals surface area contributed by atoms with Crippen molar-refractivity contribution in [2.75, 3.05) is 31.6 Å². The van der Waals surface area contributed by atoms with Crippen molar-refractivity contribution in [3.63, 3.8) is 0 Å². The summed E-state index contributed by atoms with van der Waals surface area (Å²) in [7, 11) is 0. The van der Waals surface area contributed by atoms with Crippen LogP contribution in [0.15, 0.2) is 18.2 Å². The van der Waals surface area contributed by atoms with Gasteiger partial charge in [-0.15, -0.1) is 0 Å². The molecule has 1 aromatic carbocycles. The van der Waals surface area contributed by atoms with Crippen LogP contribution in [0.25, 0.3) is 0 Å². The Morgan fingerprint density at radius 2 is 2.36 bits per heavy atom. The topological polar surface area (TPSA) is 82.6 Å². The molecule has 2 amide bonds. The van der Waals surface area contributed by atoms with E-state index in [4.69, 9.17) is 9.84 Å². The molecule has 1 saturated heterocycles. The molecule has 0 aliphatic carbocycles. The summed E-state index contributed by atoms with van der Waals surface area (Å²) >= 11 is 0. The molecule has 0 aromatic heterocycles. The van der Waals surface area contributed by atoms with Crippen molar-refractivity contribution in [3.8, 4) is 0 Å². The maximum absolute atomic E-state index is 14.4. The number of ether oxygens (including phenoxy) is 1. The lowest BCUT2D eigenvalue weighted by Gasteiger charge is -2.40. The largest absolute Gasteiger partial charge is 0.395 e. The number of hydrogen-bond donors (Lipinski definition) is 4. The second-order valence-electron chi connectivity index (χ2n) is 5.43. The van der Waals surface area contributed by atoms with Crippen LogP contribution in [0.3, 0.4) is 0 Å². The summed E-state index contributed by atoms with van der Waals surface area (Å²) < 4.78 is 20.2. The number of nitrogens with one attached hydrogen (secondary N) is 3.